The fraction of sp³-hybridized carbons (Fsp3) is 0.923. The van der Waals surface area contributed by atoms with Gasteiger partial charge >= 0.3 is 0 Å². The quantitative estimate of drug-likeness (QED) is 0.789. The molecule has 1 aliphatic heterocycles. The smallest absolute Gasteiger partial charge is 0.281 e. The van der Waals surface area contributed by atoms with Gasteiger partial charge in [0, 0.05) is 39.1 Å². The van der Waals surface area contributed by atoms with E-state index in [1.54, 1.807) is 0 Å². The minimum Gasteiger partial charge on any atom is -0.353 e. The zero-order valence-corrected chi connectivity index (χ0v) is 13.7. The predicted molar refractivity (Wildman–Crippen MR) is 79.4 cm³/mol. The van der Waals surface area contributed by atoms with Gasteiger partial charge in [0.25, 0.3) is 10.2 Å². The van der Waals surface area contributed by atoms with E-state index in [2.05, 4.69) is 12.2 Å². The van der Waals surface area contributed by atoms with Crippen LogP contribution in [0.5, 0.6) is 0 Å². The van der Waals surface area contributed by atoms with Gasteiger partial charge in [0.1, 0.15) is 0 Å². The van der Waals surface area contributed by atoms with Crippen molar-refractivity contribution in [3.8, 4) is 0 Å². The second-order valence-electron chi connectivity index (χ2n) is 5.66. The highest BCUT2D eigenvalue weighted by Crippen LogP contribution is 2.20. The maximum atomic E-state index is 12.1. The van der Waals surface area contributed by atoms with Crippen molar-refractivity contribution < 1.29 is 13.2 Å². The van der Waals surface area contributed by atoms with Gasteiger partial charge < -0.3 is 5.32 Å². The first-order valence-electron chi connectivity index (χ1n) is 7.27. The van der Waals surface area contributed by atoms with Crippen LogP contribution in [0.1, 0.15) is 39.5 Å². The Labute approximate surface area is 122 Å². The lowest BCUT2D eigenvalue weighted by Gasteiger charge is -2.32. The maximum absolute atomic E-state index is 12.1. The molecule has 118 valence electrons. The third-order valence-corrected chi connectivity index (χ3v) is 5.66. The van der Waals surface area contributed by atoms with E-state index in [0.29, 0.717) is 25.9 Å². The van der Waals surface area contributed by atoms with E-state index in [9.17, 15) is 13.2 Å². The van der Waals surface area contributed by atoms with Gasteiger partial charge in [-0.3, -0.25) is 4.79 Å². The van der Waals surface area contributed by atoms with Gasteiger partial charge in [0.2, 0.25) is 5.91 Å². The average Bonchev–Trinajstić information content (AvgIpc) is 2.38. The molecule has 1 amide bonds. The van der Waals surface area contributed by atoms with E-state index in [-0.39, 0.29) is 17.9 Å². The summed E-state index contributed by atoms with van der Waals surface area (Å²) >= 11 is 0. The van der Waals surface area contributed by atoms with Crippen molar-refractivity contribution in [2.24, 2.45) is 5.92 Å². The van der Waals surface area contributed by atoms with E-state index < -0.39 is 10.2 Å². The molecule has 0 aromatic rings. The first kappa shape index (κ1) is 17.4. The highest BCUT2D eigenvalue weighted by molar-refractivity contribution is 7.86. The monoisotopic (exact) mass is 305 g/mol. The fourth-order valence-corrected chi connectivity index (χ4v) is 3.58. The SMILES string of the molecule is CCCC(C)NC(=O)C1CCN(S(=O)(=O)N(C)C)CC1. The van der Waals surface area contributed by atoms with E-state index in [1.165, 1.54) is 22.7 Å². The van der Waals surface area contributed by atoms with Crippen molar-refractivity contribution in [1.29, 1.82) is 0 Å². The van der Waals surface area contributed by atoms with Gasteiger partial charge in [-0.2, -0.15) is 17.0 Å². The molecule has 1 N–H and O–H groups in total. The highest BCUT2D eigenvalue weighted by atomic mass is 32.2. The average molecular weight is 305 g/mol. The van der Waals surface area contributed by atoms with Crippen molar-refractivity contribution in [1.82, 2.24) is 13.9 Å². The Balaban J connectivity index is 2.48. The Hall–Kier alpha value is -0.660. The molecule has 0 bridgehead atoms. The zero-order valence-electron chi connectivity index (χ0n) is 12.9. The summed E-state index contributed by atoms with van der Waals surface area (Å²) < 4.78 is 26.6. The molecule has 1 saturated heterocycles. The molecule has 0 saturated carbocycles. The number of hydrogen-bond donors (Lipinski definition) is 1. The normalized spacial score (nSPS) is 20.1. The van der Waals surface area contributed by atoms with E-state index in [4.69, 9.17) is 0 Å². The fourth-order valence-electron chi connectivity index (χ4n) is 2.45. The molecule has 0 radical (unpaired) electrons. The molecule has 1 rings (SSSR count). The van der Waals surface area contributed by atoms with E-state index >= 15 is 0 Å². The molecule has 7 heteroatoms. The molecule has 6 nitrogen and oxygen atoms in total. The summed E-state index contributed by atoms with van der Waals surface area (Å²) in [6.07, 6.45) is 3.20. The number of hydrogen-bond acceptors (Lipinski definition) is 3. The number of amides is 1. The Bertz CT molecular complexity index is 415. The molecule has 0 aromatic heterocycles. The number of nitrogens with zero attached hydrogens (tertiary/aromatic N) is 2. The molecule has 0 aliphatic carbocycles. The summed E-state index contributed by atoms with van der Waals surface area (Å²) in [5, 5.41) is 3.01. The van der Waals surface area contributed by atoms with Crippen LogP contribution in [0.2, 0.25) is 0 Å². The Morgan fingerprint density at radius 1 is 1.35 bits per heavy atom. The van der Waals surface area contributed by atoms with Gasteiger partial charge in [-0.1, -0.05) is 13.3 Å². The van der Waals surface area contributed by atoms with Crippen LogP contribution in [0.25, 0.3) is 0 Å². The van der Waals surface area contributed by atoms with Crippen molar-refractivity contribution in [2.45, 2.75) is 45.6 Å². The molecule has 1 atom stereocenters. The third kappa shape index (κ3) is 4.43. The lowest BCUT2D eigenvalue weighted by Crippen LogP contribution is -2.47. The number of carbonyl (C=O) groups is 1. The van der Waals surface area contributed by atoms with Gasteiger partial charge in [-0.15, -0.1) is 0 Å². The van der Waals surface area contributed by atoms with Crippen LogP contribution in [0.4, 0.5) is 0 Å². The Morgan fingerprint density at radius 3 is 2.35 bits per heavy atom. The molecule has 1 heterocycles. The van der Waals surface area contributed by atoms with Crippen LogP contribution in [0, 0.1) is 5.92 Å². The second-order valence-corrected chi connectivity index (χ2v) is 7.80. The number of piperidine rings is 1. The van der Waals surface area contributed by atoms with Gasteiger partial charge in [0.15, 0.2) is 0 Å². The van der Waals surface area contributed by atoms with Crippen molar-refractivity contribution in [2.75, 3.05) is 27.2 Å². The highest BCUT2D eigenvalue weighted by Gasteiger charge is 2.32. The lowest BCUT2D eigenvalue weighted by molar-refractivity contribution is -0.126. The van der Waals surface area contributed by atoms with Crippen LogP contribution in [-0.2, 0) is 15.0 Å². The summed E-state index contributed by atoms with van der Waals surface area (Å²) in [6.45, 7) is 4.93. The first-order chi connectivity index (χ1) is 9.28. The Kier molecular flexibility index (Phi) is 6.42. The molecule has 0 aromatic carbocycles. The molecule has 20 heavy (non-hydrogen) atoms. The zero-order chi connectivity index (χ0) is 15.3. The lowest BCUT2D eigenvalue weighted by atomic mass is 9.96. The maximum Gasteiger partial charge on any atom is 0.281 e. The summed E-state index contributed by atoms with van der Waals surface area (Å²) in [4.78, 5) is 12.1. The topological polar surface area (TPSA) is 69.7 Å². The van der Waals surface area contributed by atoms with Crippen LogP contribution < -0.4 is 5.32 Å². The van der Waals surface area contributed by atoms with Gasteiger partial charge in [-0.25, -0.2) is 0 Å². The van der Waals surface area contributed by atoms with Crippen molar-refractivity contribution >= 4 is 16.1 Å². The number of rotatable bonds is 6. The molecular weight excluding hydrogens is 278 g/mol. The van der Waals surface area contributed by atoms with Crippen LogP contribution in [-0.4, -0.2) is 56.2 Å². The summed E-state index contributed by atoms with van der Waals surface area (Å²) in [6, 6.07) is 0.191. The number of nitrogens with one attached hydrogen (secondary N) is 1. The van der Waals surface area contributed by atoms with Crippen LogP contribution >= 0.6 is 0 Å². The molecule has 1 fully saturated rings. The van der Waals surface area contributed by atoms with Crippen LogP contribution in [0.3, 0.4) is 0 Å². The second kappa shape index (κ2) is 7.38. The van der Waals surface area contributed by atoms with E-state index in [1.807, 2.05) is 6.92 Å². The minimum atomic E-state index is -3.35. The third-order valence-electron chi connectivity index (χ3n) is 3.72. The van der Waals surface area contributed by atoms with Crippen molar-refractivity contribution in [3.63, 3.8) is 0 Å². The summed E-state index contributed by atoms with van der Waals surface area (Å²) in [5.41, 5.74) is 0. The van der Waals surface area contributed by atoms with Gasteiger partial charge in [0.05, 0.1) is 0 Å². The molecule has 1 unspecified atom stereocenters. The van der Waals surface area contributed by atoms with Crippen LogP contribution in [0.15, 0.2) is 0 Å². The Morgan fingerprint density at radius 2 is 1.90 bits per heavy atom. The predicted octanol–water partition coefficient (Wildman–Crippen LogP) is 0.810. The number of carbonyl (C=O) groups excluding carboxylic acids is 1. The first-order valence-corrected chi connectivity index (χ1v) is 8.66. The molecular formula is C13H27N3O3S. The molecule has 0 spiro atoms. The van der Waals surface area contributed by atoms with Gasteiger partial charge in [-0.05, 0) is 26.2 Å². The van der Waals surface area contributed by atoms with E-state index in [0.717, 1.165) is 12.8 Å². The standard InChI is InChI=1S/C13H27N3O3S/c1-5-6-11(2)14-13(17)12-7-9-16(10-8-12)20(18,19)15(3)4/h11-12H,5-10H2,1-4H3,(H,14,17). The largest absolute Gasteiger partial charge is 0.353 e. The summed E-state index contributed by atoms with van der Waals surface area (Å²) in [5.74, 6) is -0.00392. The van der Waals surface area contributed by atoms with Crippen molar-refractivity contribution in [3.05, 3.63) is 0 Å². The molecule has 1 aliphatic rings. The summed E-state index contributed by atoms with van der Waals surface area (Å²) in [7, 11) is -0.289. The minimum absolute atomic E-state index is 0.0628.